The van der Waals surface area contributed by atoms with E-state index in [-0.39, 0.29) is 31.4 Å². The van der Waals surface area contributed by atoms with Gasteiger partial charge in [0.05, 0.1) is 6.42 Å². The molecule has 0 heterocycles. The van der Waals surface area contributed by atoms with Crippen LogP contribution in [0.25, 0.3) is 0 Å². The number of rotatable bonds is 13. The average Bonchev–Trinajstić information content (AvgIpc) is 2.39. The topological polar surface area (TPSA) is 145 Å². The molecule has 0 aromatic rings. The number of esters is 1. The van der Waals surface area contributed by atoms with Crippen molar-refractivity contribution in [2.75, 3.05) is 19.8 Å². The molecule has 1 atom stereocenters. The Balaban J connectivity index is 3.48. The number of nitrogens with one attached hydrogen (secondary N) is 1. The number of ketones is 1. The van der Waals surface area contributed by atoms with Crippen molar-refractivity contribution in [1.82, 2.24) is 5.32 Å². The van der Waals surface area contributed by atoms with Crippen molar-refractivity contribution in [3.63, 3.8) is 0 Å². The van der Waals surface area contributed by atoms with Gasteiger partial charge < -0.3 is 21.3 Å². The zero-order chi connectivity index (χ0) is 16.1. The molecule has 0 fully saturated rings. The van der Waals surface area contributed by atoms with Crippen LogP contribution in [0.1, 0.15) is 38.5 Å². The van der Waals surface area contributed by atoms with Crippen LogP contribution in [0.3, 0.4) is 0 Å². The van der Waals surface area contributed by atoms with Gasteiger partial charge >= 0.3 is 11.9 Å². The standard InChI is InChI=1S/C13H25N3O5/c14-5-1-4-11(17)8-13(20)21-9-16-6-2-3-10(15)7-12(18)19/h10,16H,1-9,14-15H2,(H,18,19). The van der Waals surface area contributed by atoms with Gasteiger partial charge in [0.25, 0.3) is 0 Å². The zero-order valence-corrected chi connectivity index (χ0v) is 12.2. The van der Waals surface area contributed by atoms with Crippen molar-refractivity contribution in [3.8, 4) is 0 Å². The van der Waals surface area contributed by atoms with Gasteiger partial charge in [-0.15, -0.1) is 0 Å². The summed E-state index contributed by atoms with van der Waals surface area (Å²) in [5.41, 5.74) is 10.9. The van der Waals surface area contributed by atoms with Crippen LogP contribution < -0.4 is 16.8 Å². The Morgan fingerprint density at radius 3 is 2.57 bits per heavy atom. The van der Waals surface area contributed by atoms with Gasteiger partial charge in [0.1, 0.15) is 18.9 Å². The van der Waals surface area contributed by atoms with E-state index >= 15 is 0 Å². The summed E-state index contributed by atoms with van der Waals surface area (Å²) in [5, 5.41) is 11.4. The summed E-state index contributed by atoms with van der Waals surface area (Å²) in [4.78, 5) is 32.9. The van der Waals surface area contributed by atoms with Crippen molar-refractivity contribution in [1.29, 1.82) is 0 Å². The summed E-state index contributed by atoms with van der Waals surface area (Å²) in [5.74, 6) is -1.65. The number of carboxylic acids is 1. The summed E-state index contributed by atoms with van der Waals surface area (Å²) in [6, 6.07) is -0.369. The molecule has 0 aliphatic heterocycles. The second kappa shape index (κ2) is 12.2. The first-order chi connectivity index (χ1) is 9.95. The van der Waals surface area contributed by atoms with E-state index in [2.05, 4.69) is 5.32 Å². The van der Waals surface area contributed by atoms with E-state index in [1.54, 1.807) is 0 Å². The van der Waals surface area contributed by atoms with Crippen LogP contribution >= 0.6 is 0 Å². The van der Waals surface area contributed by atoms with Crippen molar-refractivity contribution in [2.45, 2.75) is 44.6 Å². The molecule has 0 spiro atoms. The van der Waals surface area contributed by atoms with Crippen molar-refractivity contribution < 1.29 is 24.2 Å². The molecular weight excluding hydrogens is 278 g/mol. The molecule has 8 heteroatoms. The highest BCUT2D eigenvalue weighted by molar-refractivity contribution is 5.95. The highest BCUT2D eigenvalue weighted by Gasteiger charge is 2.10. The lowest BCUT2D eigenvalue weighted by molar-refractivity contribution is -0.146. The van der Waals surface area contributed by atoms with Crippen LogP contribution in [0.5, 0.6) is 0 Å². The molecule has 0 saturated carbocycles. The molecule has 0 radical (unpaired) electrons. The monoisotopic (exact) mass is 303 g/mol. The summed E-state index contributed by atoms with van der Waals surface area (Å²) in [6.07, 6.45) is 1.83. The normalized spacial score (nSPS) is 11.9. The summed E-state index contributed by atoms with van der Waals surface area (Å²) >= 11 is 0. The number of ether oxygens (including phenoxy) is 1. The zero-order valence-electron chi connectivity index (χ0n) is 12.2. The van der Waals surface area contributed by atoms with Gasteiger partial charge in [-0.2, -0.15) is 0 Å². The molecule has 0 aromatic heterocycles. The Morgan fingerprint density at radius 2 is 1.95 bits per heavy atom. The number of hydrogen-bond donors (Lipinski definition) is 4. The van der Waals surface area contributed by atoms with Crippen molar-refractivity contribution >= 4 is 17.7 Å². The number of aliphatic carboxylic acids is 1. The van der Waals surface area contributed by atoms with Gasteiger partial charge in [0, 0.05) is 12.5 Å². The van der Waals surface area contributed by atoms with Crippen LogP contribution in [0.15, 0.2) is 0 Å². The minimum Gasteiger partial charge on any atom is -0.481 e. The Bertz CT molecular complexity index is 336. The van der Waals surface area contributed by atoms with Gasteiger partial charge in [0.2, 0.25) is 0 Å². The Hall–Kier alpha value is -1.51. The van der Waals surface area contributed by atoms with E-state index in [0.717, 1.165) is 0 Å². The number of carbonyl (C=O) groups is 3. The molecule has 8 nitrogen and oxygen atoms in total. The lowest BCUT2D eigenvalue weighted by Gasteiger charge is -2.09. The smallest absolute Gasteiger partial charge is 0.314 e. The molecule has 0 aromatic carbocycles. The molecule has 6 N–H and O–H groups in total. The maximum atomic E-state index is 11.3. The first-order valence-electron chi connectivity index (χ1n) is 7.01. The third-order valence-corrected chi connectivity index (χ3v) is 2.70. The lowest BCUT2D eigenvalue weighted by Crippen LogP contribution is -2.27. The average molecular weight is 303 g/mol. The maximum absolute atomic E-state index is 11.3. The molecule has 0 bridgehead atoms. The van der Waals surface area contributed by atoms with Gasteiger partial charge in [-0.05, 0) is 32.4 Å². The maximum Gasteiger partial charge on any atom is 0.314 e. The van der Waals surface area contributed by atoms with Crippen LogP contribution in [-0.4, -0.2) is 48.7 Å². The third kappa shape index (κ3) is 13.2. The fourth-order valence-corrected chi connectivity index (χ4v) is 1.62. The largest absolute Gasteiger partial charge is 0.481 e. The van der Waals surface area contributed by atoms with E-state index in [9.17, 15) is 14.4 Å². The summed E-state index contributed by atoms with van der Waals surface area (Å²) in [7, 11) is 0. The number of carbonyl (C=O) groups excluding carboxylic acids is 2. The fraction of sp³-hybridized carbons (Fsp3) is 0.769. The van der Waals surface area contributed by atoms with E-state index in [1.807, 2.05) is 0 Å². The van der Waals surface area contributed by atoms with Crippen molar-refractivity contribution in [2.24, 2.45) is 11.5 Å². The molecule has 1 unspecified atom stereocenters. The van der Waals surface area contributed by atoms with Crippen LogP contribution in [0.4, 0.5) is 0 Å². The molecule has 21 heavy (non-hydrogen) atoms. The molecule has 0 saturated heterocycles. The Labute approximate surface area is 124 Å². The van der Waals surface area contributed by atoms with Gasteiger partial charge in [-0.3, -0.25) is 19.7 Å². The quantitative estimate of drug-likeness (QED) is 0.152. The number of carboxylic acid groups (broad SMARTS) is 1. The number of Topliss-reactive ketones (excluding diaryl/α,β-unsaturated/α-hetero) is 1. The van der Waals surface area contributed by atoms with E-state index < -0.39 is 11.9 Å². The summed E-state index contributed by atoms with van der Waals surface area (Å²) < 4.78 is 4.84. The van der Waals surface area contributed by atoms with Crippen molar-refractivity contribution in [3.05, 3.63) is 0 Å². The fourth-order valence-electron chi connectivity index (χ4n) is 1.62. The third-order valence-electron chi connectivity index (χ3n) is 2.70. The molecule has 0 aliphatic rings. The van der Waals surface area contributed by atoms with Gasteiger partial charge in [-0.25, -0.2) is 0 Å². The number of hydrogen-bond acceptors (Lipinski definition) is 7. The van der Waals surface area contributed by atoms with Gasteiger partial charge in [0.15, 0.2) is 0 Å². The minimum absolute atomic E-state index is 0.0250. The van der Waals surface area contributed by atoms with Gasteiger partial charge in [-0.1, -0.05) is 0 Å². The summed E-state index contributed by atoms with van der Waals surface area (Å²) in [6.45, 7) is 1.01. The van der Waals surface area contributed by atoms with Crippen LogP contribution in [0, 0.1) is 0 Å². The SMILES string of the molecule is NCCCC(=O)CC(=O)OCNCCCC(N)CC(=O)O. The minimum atomic E-state index is -0.913. The first kappa shape index (κ1) is 19.5. The van der Waals surface area contributed by atoms with E-state index in [0.29, 0.717) is 38.8 Å². The lowest BCUT2D eigenvalue weighted by atomic mass is 10.1. The van der Waals surface area contributed by atoms with E-state index in [1.165, 1.54) is 0 Å². The molecule has 122 valence electrons. The second-order valence-electron chi connectivity index (χ2n) is 4.77. The van der Waals surface area contributed by atoms with Crippen LogP contribution in [-0.2, 0) is 19.1 Å². The molecule has 0 rings (SSSR count). The molecule has 0 amide bonds. The highest BCUT2D eigenvalue weighted by Crippen LogP contribution is 1.98. The highest BCUT2D eigenvalue weighted by atomic mass is 16.5. The Kier molecular flexibility index (Phi) is 11.4. The predicted octanol–water partition coefficient (Wildman–Crippen LogP) is -0.643. The second-order valence-corrected chi connectivity index (χ2v) is 4.77. The molecule has 0 aliphatic carbocycles. The molecular formula is C13H25N3O5. The van der Waals surface area contributed by atoms with Crippen LogP contribution in [0.2, 0.25) is 0 Å². The predicted molar refractivity (Wildman–Crippen MR) is 76.3 cm³/mol. The van der Waals surface area contributed by atoms with E-state index in [4.69, 9.17) is 21.3 Å². The Morgan fingerprint density at radius 1 is 1.24 bits per heavy atom. The number of nitrogens with two attached hydrogens (primary N) is 2. The first-order valence-corrected chi connectivity index (χ1v) is 7.01.